The highest BCUT2D eigenvalue weighted by atomic mass is 16.5. The van der Waals surface area contributed by atoms with Crippen LogP contribution in [0.15, 0.2) is 77.7 Å². The second-order valence-corrected chi connectivity index (χ2v) is 10.1. The number of carbonyl (C=O) groups is 1. The third kappa shape index (κ3) is 7.94. The molecule has 1 aliphatic rings. The van der Waals surface area contributed by atoms with Gasteiger partial charge in [0.05, 0.1) is 13.2 Å². The van der Waals surface area contributed by atoms with Gasteiger partial charge in [0.25, 0.3) is 5.56 Å². The van der Waals surface area contributed by atoms with E-state index in [0.29, 0.717) is 45.1 Å². The second-order valence-electron chi connectivity index (χ2n) is 10.1. The molecule has 1 amide bonds. The van der Waals surface area contributed by atoms with Crippen molar-refractivity contribution in [1.82, 2.24) is 14.4 Å². The van der Waals surface area contributed by atoms with Crippen molar-refractivity contribution in [3.05, 3.63) is 94.4 Å². The summed E-state index contributed by atoms with van der Waals surface area (Å²) in [5, 5.41) is 11.5. The van der Waals surface area contributed by atoms with E-state index >= 15 is 0 Å². The number of ether oxygens (including phenoxy) is 2. The molecule has 1 fully saturated rings. The third-order valence-corrected chi connectivity index (χ3v) is 6.66. The van der Waals surface area contributed by atoms with E-state index in [1.54, 1.807) is 15.5 Å². The van der Waals surface area contributed by atoms with Gasteiger partial charge in [-0.3, -0.25) is 14.5 Å². The molecule has 1 atom stereocenters. The number of amides is 1. The van der Waals surface area contributed by atoms with E-state index in [1.165, 1.54) is 6.92 Å². The van der Waals surface area contributed by atoms with Crippen LogP contribution >= 0.6 is 0 Å². The van der Waals surface area contributed by atoms with Crippen molar-refractivity contribution < 1.29 is 19.4 Å². The summed E-state index contributed by atoms with van der Waals surface area (Å²) in [5.41, 5.74) is 0.951. The van der Waals surface area contributed by atoms with Crippen molar-refractivity contribution in [2.45, 2.75) is 39.0 Å². The van der Waals surface area contributed by atoms with Gasteiger partial charge < -0.3 is 24.0 Å². The fraction of sp³-hybridized carbons (Fsp3) is 0.400. The van der Waals surface area contributed by atoms with Gasteiger partial charge in [-0.05, 0) is 48.7 Å². The number of para-hydroxylation sites is 1. The van der Waals surface area contributed by atoms with Crippen LogP contribution in [0, 0.1) is 6.92 Å². The van der Waals surface area contributed by atoms with E-state index in [1.807, 2.05) is 73.8 Å². The predicted octanol–water partition coefficient (Wildman–Crippen LogP) is 3.10. The quantitative estimate of drug-likeness (QED) is 0.415. The zero-order valence-electron chi connectivity index (χ0n) is 22.2. The zero-order chi connectivity index (χ0) is 27.0. The summed E-state index contributed by atoms with van der Waals surface area (Å²) in [7, 11) is 0. The average Bonchev–Trinajstić information content (AvgIpc) is 3.08. The molecule has 38 heavy (non-hydrogen) atoms. The van der Waals surface area contributed by atoms with Crippen molar-refractivity contribution in [1.29, 1.82) is 0 Å². The van der Waals surface area contributed by atoms with Gasteiger partial charge in [-0.15, -0.1) is 0 Å². The maximum absolute atomic E-state index is 12.2. The maximum atomic E-state index is 12.2. The summed E-state index contributed by atoms with van der Waals surface area (Å²) in [6.07, 6.45) is 2.60. The zero-order valence-corrected chi connectivity index (χ0v) is 22.2. The fourth-order valence-corrected chi connectivity index (χ4v) is 4.67. The van der Waals surface area contributed by atoms with Gasteiger partial charge in [0.2, 0.25) is 5.91 Å². The Balaban J connectivity index is 1.31. The average molecular weight is 520 g/mol. The normalized spacial score (nSPS) is 18.1. The minimum absolute atomic E-state index is 0.00147. The Labute approximate surface area is 224 Å². The lowest BCUT2D eigenvalue weighted by Gasteiger charge is -2.32. The molecule has 8 nitrogen and oxygen atoms in total. The van der Waals surface area contributed by atoms with E-state index in [9.17, 15) is 14.7 Å². The number of rotatable bonds is 10. The molecule has 0 radical (unpaired) electrons. The summed E-state index contributed by atoms with van der Waals surface area (Å²) in [5.74, 6) is 1.41. The highest BCUT2D eigenvalue weighted by molar-refractivity contribution is 5.73. The number of aliphatic hydroxyl groups is 1. The van der Waals surface area contributed by atoms with Crippen LogP contribution in [0.25, 0.3) is 0 Å². The second kappa shape index (κ2) is 12.8. The summed E-state index contributed by atoms with van der Waals surface area (Å²) in [4.78, 5) is 27.9. The van der Waals surface area contributed by atoms with E-state index in [-0.39, 0.29) is 24.6 Å². The molecule has 2 heterocycles. The number of nitrogens with zero attached hydrogens (tertiary/aromatic N) is 3. The van der Waals surface area contributed by atoms with E-state index in [4.69, 9.17) is 9.47 Å². The smallest absolute Gasteiger partial charge is 0.250 e. The molecule has 0 spiro atoms. The lowest BCUT2D eigenvalue weighted by atomic mass is 10.0. The van der Waals surface area contributed by atoms with Gasteiger partial charge in [0, 0.05) is 51.9 Å². The minimum atomic E-state index is -1.19. The maximum Gasteiger partial charge on any atom is 0.250 e. The SMILES string of the molecule is CC(=O)N1CCN(Cc2ccc(OCCCn3cc(C)ccc3=O)cc2)CC(O)(COc2ccccc2)C1. The van der Waals surface area contributed by atoms with Crippen LogP contribution in [0.5, 0.6) is 11.5 Å². The van der Waals surface area contributed by atoms with Gasteiger partial charge in [0.1, 0.15) is 23.7 Å². The Morgan fingerprint density at radius 3 is 2.42 bits per heavy atom. The van der Waals surface area contributed by atoms with Crippen LogP contribution in [0.1, 0.15) is 24.5 Å². The summed E-state index contributed by atoms with van der Waals surface area (Å²) < 4.78 is 13.5. The molecule has 8 heteroatoms. The van der Waals surface area contributed by atoms with E-state index in [2.05, 4.69) is 4.90 Å². The number of aryl methyl sites for hydroxylation is 2. The number of aromatic nitrogens is 1. The Bertz CT molecular complexity index is 1240. The van der Waals surface area contributed by atoms with Crippen LogP contribution in [0.3, 0.4) is 0 Å². The molecule has 0 aliphatic carbocycles. The van der Waals surface area contributed by atoms with Crippen LogP contribution in [-0.4, -0.2) is 70.4 Å². The third-order valence-electron chi connectivity index (χ3n) is 6.66. The lowest BCUT2D eigenvalue weighted by molar-refractivity contribution is -0.132. The predicted molar refractivity (Wildman–Crippen MR) is 146 cm³/mol. The monoisotopic (exact) mass is 519 g/mol. The first-order chi connectivity index (χ1) is 18.3. The minimum Gasteiger partial charge on any atom is -0.494 e. The first-order valence-corrected chi connectivity index (χ1v) is 13.1. The van der Waals surface area contributed by atoms with Crippen molar-refractivity contribution in [2.75, 3.05) is 39.4 Å². The fourth-order valence-electron chi connectivity index (χ4n) is 4.67. The molecule has 1 aromatic heterocycles. The number of pyridine rings is 1. The van der Waals surface area contributed by atoms with Crippen LogP contribution in [0.4, 0.5) is 0 Å². The van der Waals surface area contributed by atoms with Crippen molar-refractivity contribution in [3.8, 4) is 11.5 Å². The Hall–Kier alpha value is -3.62. The first-order valence-electron chi connectivity index (χ1n) is 13.1. The highest BCUT2D eigenvalue weighted by Gasteiger charge is 2.36. The van der Waals surface area contributed by atoms with Crippen molar-refractivity contribution in [3.63, 3.8) is 0 Å². The largest absolute Gasteiger partial charge is 0.494 e. The topological polar surface area (TPSA) is 84.2 Å². The number of β-amino-alcohol motifs (C(OH)–C–C–N with tert-alkyl or cyclic N) is 1. The van der Waals surface area contributed by atoms with Gasteiger partial charge in [-0.1, -0.05) is 36.4 Å². The molecule has 4 rings (SSSR count). The van der Waals surface area contributed by atoms with Crippen molar-refractivity contribution in [2.24, 2.45) is 0 Å². The van der Waals surface area contributed by atoms with Gasteiger partial charge >= 0.3 is 0 Å². The highest BCUT2D eigenvalue weighted by Crippen LogP contribution is 2.21. The Morgan fingerprint density at radius 1 is 0.947 bits per heavy atom. The molecule has 1 aliphatic heterocycles. The van der Waals surface area contributed by atoms with Crippen molar-refractivity contribution >= 4 is 5.91 Å². The summed E-state index contributed by atoms with van der Waals surface area (Å²) in [6.45, 7) is 7.19. The molecule has 202 valence electrons. The standard InChI is InChI=1S/C30H37N3O5/c1-24-9-14-29(35)32(19-24)15-6-18-37-28-12-10-26(11-13-28)20-31-16-17-33(25(2)34)22-30(36,21-31)23-38-27-7-4-3-5-8-27/h3-5,7-14,19,36H,6,15-18,20-23H2,1-2H3. The molecule has 2 aromatic carbocycles. The molecule has 0 bridgehead atoms. The van der Waals surface area contributed by atoms with E-state index < -0.39 is 5.60 Å². The number of benzene rings is 2. The van der Waals surface area contributed by atoms with E-state index in [0.717, 1.165) is 23.3 Å². The summed E-state index contributed by atoms with van der Waals surface area (Å²) >= 11 is 0. The van der Waals surface area contributed by atoms with Crippen LogP contribution in [0.2, 0.25) is 0 Å². The molecule has 1 unspecified atom stereocenters. The lowest BCUT2D eigenvalue weighted by Crippen LogP contribution is -2.51. The molecule has 1 saturated heterocycles. The van der Waals surface area contributed by atoms with Gasteiger partial charge in [0.15, 0.2) is 0 Å². The number of hydrogen-bond acceptors (Lipinski definition) is 6. The molecule has 3 aromatic rings. The molecule has 1 N–H and O–H groups in total. The number of carbonyl (C=O) groups excluding carboxylic acids is 1. The van der Waals surface area contributed by atoms with Gasteiger partial charge in [-0.2, -0.15) is 0 Å². The Morgan fingerprint density at radius 2 is 1.68 bits per heavy atom. The van der Waals surface area contributed by atoms with Gasteiger partial charge in [-0.25, -0.2) is 0 Å². The first kappa shape index (κ1) is 27.4. The van der Waals surface area contributed by atoms with Crippen LogP contribution < -0.4 is 15.0 Å². The summed E-state index contributed by atoms with van der Waals surface area (Å²) in [6, 6.07) is 20.7. The number of hydrogen-bond donors (Lipinski definition) is 1. The Kier molecular flexibility index (Phi) is 9.20. The molecule has 0 saturated carbocycles. The molecular weight excluding hydrogens is 482 g/mol. The molecular formula is C30H37N3O5. The van der Waals surface area contributed by atoms with Crippen LogP contribution in [-0.2, 0) is 17.9 Å².